The standard InChI is InChI=1S/C16H15N3O8/c1-25-12-5-4-6-13(26-2)14(12)16(20)17-9-7-10(18(21)22)15(27-3)11(8-9)19(23)24/h4-8H,1-3H3,(H,17,20). The number of nitro groups is 2. The van der Waals surface area contributed by atoms with Crippen LogP contribution in [0.15, 0.2) is 30.3 Å². The molecule has 0 bridgehead atoms. The Labute approximate surface area is 152 Å². The molecule has 0 saturated carbocycles. The van der Waals surface area contributed by atoms with Gasteiger partial charge in [0, 0.05) is 12.1 Å². The van der Waals surface area contributed by atoms with E-state index >= 15 is 0 Å². The lowest BCUT2D eigenvalue weighted by molar-refractivity contribution is -0.395. The van der Waals surface area contributed by atoms with Crippen molar-refractivity contribution in [2.75, 3.05) is 26.6 Å². The molecule has 2 aromatic carbocycles. The summed E-state index contributed by atoms with van der Waals surface area (Å²) in [6.45, 7) is 0. The van der Waals surface area contributed by atoms with E-state index < -0.39 is 32.9 Å². The molecule has 0 fully saturated rings. The third kappa shape index (κ3) is 3.86. The van der Waals surface area contributed by atoms with Crippen LogP contribution in [0.3, 0.4) is 0 Å². The molecule has 0 aliphatic carbocycles. The second kappa shape index (κ2) is 7.99. The molecule has 0 saturated heterocycles. The molecule has 27 heavy (non-hydrogen) atoms. The van der Waals surface area contributed by atoms with E-state index in [1.54, 1.807) is 6.07 Å². The molecule has 2 aromatic rings. The van der Waals surface area contributed by atoms with Crippen LogP contribution in [-0.2, 0) is 0 Å². The highest BCUT2D eigenvalue weighted by Crippen LogP contribution is 2.40. The number of nitro benzene ring substituents is 2. The summed E-state index contributed by atoms with van der Waals surface area (Å²) in [6, 6.07) is 6.58. The molecule has 11 nitrogen and oxygen atoms in total. The van der Waals surface area contributed by atoms with Gasteiger partial charge in [-0.15, -0.1) is 0 Å². The van der Waals surface area contributed by atoms with Gasteiger partial charge in [-0.05, 0) is 12.1 Å². The van der Waals surface area contributed by atoms with Crippen LogP contribution in [0.2, 0.25) is 0 Å². The van der Waals surface area contributed by atoms with Crippen LogP contribution in [0.1, 0.15) is 10.4 Å². The van der Waals surface area contributed by atoms with E-state index in [4.69, 9.17) is 14.2 Å². The van der Waals surface area contributed by atoms with E-state index in [2.05, 4.69) is 5.32 Å². The molecule has 142 valence electrons. The first-order chi connectivity index (χ1) is 12.8. The van der Waals surface area contributed by atoms with Gasteiger partial charge < -0.3 is 19.5 Å². The lowest BCUT2D eigenvalue weighted by Gasteiger charge is -2.13. The van der Waals surface area contributed by atoms with Crippen molar-refractivity contribution in [3.8, 4) is 17.2 Å². The molecule has 0 aliphatic heterocycles. The van der Waals surface area contributed by atoms with E-state index in [-0.39, 0.29) is 22.7 Å². The molecule has 0 aromatic heterocycles. The number of carbonyl (C=O) groups excluding carboxylic acids is 1. The Hall–Kier alpha value is -3.89. The molecule has 0 heterocycles. The molecule has 0 radical (unpaired) electrons. The summed E-state index contributed by atoms with van der Waals surface area (Å²) in [5, 5.41) is 24.8. The van der Waals surface area contributed by atoms with Crippen molar-refractivity contribution in [3.05, 3.63) is 56.1 Å². The van der Waals surface area contributed by atoms with Crippen molar-refractivity contribution in [2.24, 2.45) is 0 Å². The van der Waals surface area contributed by atoms with Crippen molar-refractivity contribution in [3.63, 3.8) is 0 Å². The number of methoxy groups -OCH3 is 3. The van der Waals surface area contributed by atoms with Crippen LogP contribution in [0.25, 0.3) is 0 Å². The second-order valence-electron chi connectivity index (χ2n) is 5.05. The number of rotatable bonds is 7. The minimum absolute atomic E-state index is 0.0311. The number of anilines is 1. The molecule has 0 aliphatic rings. The van der Waals surface area contributed by atoms with E-state index in [0.717, 1.165) is 19.2 Å². The van der Waals surface area contributed by atoms with Crippen molar-refractivity contribution in [1.82, 2.24) is 0 Å². The summed E-state index contributed by atoms with van der Waals surface area (Å²) < 4.78 is 15.0. The summed E-state index contributed by atoms with van der Waals surface area (Å²) in [5.41, 5.74) is -1.45. The Bertz CT molecular complexity index is 855. The Kier molecular flexibility index (Phi) is 5.75. The zero-order valence-corrected chi connectivity index (χ0v) is 14.5. The predicted octanol–water partition coefficient (Wildman–Crippen LogP) is 2.78. The minimum Gasteiger partial charge on any atom is -0.496 e. The average Bonchev–Trinajstić information content (AvgIpc) is 2.66. The maximum atomic E-state index is 12.6. The number of nitrogens with one attached hydrogen (secondary N) is 1. The SMILES string of the molecule is COc1cccc(OC)c1C(=O)Nc1cc([N+](=O)[O-])c(OC)c([N+](=O)[O-])c1. The third-order valence-electron chi connectivity index (χ3n) is 3.56. The summed E-state index contributed by atoms with van der Waals surface area (Å²) in [6.07, 6.45) is 0. The summed E-state index contributed by atoms with van der Waals surface area (Å²) in [7, 11) is 3.79. The average molecular weight is 377 g/mol. The fourth-order valence-electron chi connectivity index (χ4n) is 2.42. The topological polar surface area (TPSA) is 143 Å². The number of amides is 1. The number of hydrogen-bond acceptors (Lipinski definition) is 8. The largest absolute Gasteiger partial charge is 0.496 e. The van der Waals surface area contributed by atoms with Crippen LogP contribution in [-0.4, -0.2) is 37.1 Å². The summed E-state index contributed by atoms with van der Waals surface area (Å²) >= 11 is 0. The fourth-order valence-corrected chi connectivity index (χ4v) is 2.42. The van der Waals surface area contributed by atoms with Crippen molar-refractivity contribution < 1.29 is 28.9 Å². The number of carbonyl (C=O) groups is 1. The van der Waals surface area contributed by atoms with Gasteiger partial charge in [-0.25, -0.2) is 0 Å². The lowest BCUT2D eigenvalue weighted by atomic mass is 10.1. The monoisotopic (exact) mass is 377 g/mol. The van der Waals surface area contributed by atoms with Crippen LogP contribution in [0.4, 0.5) is 17.1 Å². The molecule has 0 unspecified atom stereocenters. The Morgan fingerprint density at radius 1 is 0.926 bits per heavy atom. The van der Waals surface area contributed by atoms with Gasteiger partial charge in [-0.2, -0.15) is 0 Å². The van der Waals surface area contributed by atoms with Crippen molar-refractivity contribution >= 4 is 23.0 Å². The third-order valence-corrected chi connectivity index (χ3v) is 3.56. The first-order valence-electron chi connectivity index (χ1n) is 7.37. The molecular weight excluding hydrogens is 362 g/mol. The zero-order valence-electron chi connectivity index (χ0n) is 14.5. The maximum Gasteiger partial charge on any atom is 0.320 e. The van der Waals surface area contributed by atoms with Crippen LogP contribution in [0, 0.1) is 20.2 Å². The summed E-state index contributed by atoms with van der Waals surface area (Å²) in [5.74, 6) is -0.843. The van der Waals surface area contributed by atoms with Gasteiger partial charge in [0.15, 0.2) is 0 Å². The summed E-state index contributed by atoms with van der Waals surface area (Å²) in [4.78, 5) is 33.4. The Morgan fingerprint density at radius 2 is 1.41 bits per heavy atom. The highest BCUT2D eigenvalue weighted by Gasteiger charge is 2.29. The highest BCUT2D eigenvalue weighted by molar-refractivity contribution is 6.08. The first-order valence-corrected chi connectivity index (χ1v) is 7.37. The number of hydrogen-bond donors (Lipinski definition) is 1. The van der Waals surface area contributed by atoms with Gasteiger partial charge in [0.2, 0.25) is 0 Å². The van der Waals surface area contributed by atoms with E-state index in [1.165, 1.54) is 26.4 Å². The second-order valence-corrected chi connectivity index (χ2v) is 5.05. The van der Waals surface area contributed by atoms with Crippen molar-refractivity contribution in [2.45, 2.75) is 0 Å². The van der Waals surface area contributed by atoms with Crippen LogP contribution < -0.4 is 19.5 Å². The van der Waals surface area contributed by atoms with E-state index in [0.29, 0.717) is 0 Å². The molecule has 11 heteroatoms. The minimum atomic E-state index is -0.842. The molecule has 1 amide bonds. The molecule has 0 spiro atoms. The first kappa shape index (κ1) is 19.4. The van der Waals surface area contributed by atoms with Gasteiger partial charge in [-0.1, -0.05) is 6.07 Å². The zero-order chi connectivity index (χ0) is 20.1. The van der Waals surface area contributed by atoms with Crippen molar-refractivity contribution in [1.29, 1.82) is 0 Å². The van der Waals surface area contributed by atoms with Gasteiger partial charge in [0.1, 0.15) is 17.1 Å². The Morgan fingerprint density at radius 3 is 1.78 bits per heavy atom. The van der Waals surface area contributed by atoms with Crippen LogP contribution in [0.5, 0.6) is 17.2 Å². The van der Waals surface area contributed by atoms with Gasteiger partial charge >= 0.3 is 11.4 Å². The predicted molar refractivity (Wildman–Crippen MR) is 93.8 cm³/mol. The fraction of sp³-hybridized carbons (Fsp3) is 0.188. The van der Waals surface area contributed by atoms with Gasteiger partial charge in [0.05, 0.1) is 36.9 Å². The quantitative estimate of drug-likeness (QED) is 0.573. The molecule has 2 rings (SSSR count). The van der Waals surface area contributed by atoms with E-state index in [9.17, 15) is 25.0 Å². The van der Waals surface area contributed by atoms with E-state index in [1.807, 2.05) is 0 Å². The lowest BCUT2D eigenvalue weighted by Crippen LogP contribution is -2.15. The highest BCUT2D eigenvalue weighted by atomic mass is 16.6. The van der Waals surface area contributed by atoms with Gasteiger partial charge in [0.25, 0.3) is 11.7 Å². The maximum absolute atomic E-state index is 12.6. The normalized spacial score (nSPS) is 10.0. The Balaban J connectivity index is 2.54. The number of ether oxygens (including phenoxy) is 3. The number of benzene rings is 2. The smallest absolute Gasteiger partial charge is 0.320 e. The molecule has 0 atom stereocenters. The number of nitrogens with zero attached hydrogens (tertiary/aromatic N) is 2. The van der Waals surface area contributed by atoms with Crippen LogP contribution >= 0.6 is 0 Å². The van der Waals surface area contributed by atoms with Gasteiger partial charge in [-0.3, -0.25) is 25.0 Å². The molecular formula is C16H15N3O8. The molecule has 1 N–H and O–H groups in total.